The van der Waals surface area contributed by atoms with Crippen molar-refractivity contribution in [2.45, 2.75) is 50.7 Å². The molecule has 0 aliphatic heterocycles. The molecule has 0 aliphatic carbocycles. The number of anilines is 1. The predicted molar refractivity (Wildman–Crippen MR) is 174 cm³/mol. The highest BCUT2D eigenvalue weighted by Crippen LogP contribution is 2.25. The number of hydrogen-bond acceptors (Lipinski definition) is 4. The maximum Gasteiger partial charge on any atom is 0.264 e. The molecule has 4 rings (SSSR count). The van der Waals surface area contributed by atoms with Gasteiger partial charge in [0.2, 0.25) is 11.8 Å². The highest BCUT2D eigenvalue weighted by atomic mass is 79.9. The van der Waals surface area contributed by atoms with Crippen LogP contribution < -0.4 is 9.62 Å². The van der Waals surface area contributed by atoms with E-state index in [-0.39, 0.29) is 29.8 Å². The fraction of sp³-hybridized carbons (Fsp3) is 0.235. The predicted octanol–water partition coefficient (Wildman–Crippen LogP) is 6.12. The van der Waals surface area contributed by atoms with Gasteiger partial charge in [0.05, 0.1) is 10.6 Å². The van der Waals surface area contributed by atoms with E-state index in [1.54, 1.807) is 54.6 Å². The number of carbonyl (C=O) groups is 2. The van der Waals surface area contributed by atoms with Gasteiger partial charge in [0, 0.05) is 23.5 Å². The van der Waals surface area contributed by atoms with Crippen molar-refractivity contribution < 1.29 is 18.0 Å². The van der Waals surface area contributed by atoms with Crippen LogP contribution in [0.1, 0.15) is 30.5 Å². The summed E-state index contributed by atoms with van der Waals surface area (Å²) in [5.41, 5.74) is 2.96. The molecule has 2 amide bonds. The number of amides is 2. The van der Waals surface area contributed by atoms with Crippen LogP contribution in [-0.4, -0.2) is 43.8 Å². The molecule has 43 heavy (non-hydrogen) atoms. The van der Waals surface area contributed by atoms with Crippen LogP contribution in [-0.2, 0) is 32.6 Å². The van der Waals surface area contributed by atoms with Crippen molar-refractivity contribution in [3.05, 3.63) is 130 Å². The Balaban J connectivity index is 1.78. The lowest BCUT2D eigenvalue weighted by Crippen LogP contribution is -2.54. The maximum absolute atomic E-state index is 14.4. The molecule has 224 valence electrons. The quantitative estimate of drug-likeness (QED) is 0.198. The first kappa shape index (κ1) is 32.0. The van der Waals surface area contributed by atoms with E-state index in [4.69, 9.17) is 0 Å². The number of hydrogen-bond donors (Lipinski definition) is 1. The van der Waals surface area contributed by atoms with Crippen molar-refractivity contribution in [1.82, 2.24) is 10.2 Å². The molecule has 0 saturated heterocycles. The first-order valence-corrected chi connectivity index (χ1v) is 16.3. The summed E-state index contributed by atoms with van der Waals surface area (Å²) in [5.74, 6) is -0.806. The number of carbonyl (C=O) groups excluding carboxylic acids is 2. The molecular weight excluding hydrogens is 626 g/mol. The van der Waals surface area contributed by atoms with Crippen LogP contribution in [0.2, 0.25) is 0 Å². The van der Waals surface area contributed by atoms with Crippen molar-refractivity contribution in [2.24, 2.45) is 0 Å². The SMILES string of the molecule is Cc1ccc(S(=O)(=O)N(CC(=O)N(Cc2ccc(Br)cc2)[C@@H](Cc2ccccc2)C(=O)NC(C)C)c2ccccc2)cc1. The molecule has 1 N–H and O–H groups in total. The van der Waals surface area contributed by atoms with Crippen LogP contribution in [0.15, 0.2) is 119 Å². The Hall–Kier alpha value is -3.95. The van der Waals surface area contributed by atoms with E-state index in [1.165, 1.54) is 4.90 Å². The smallest absolute Gasteiger partial charge is 0.264 e. The Morgan fingerprint density at radius 2 is 1.37 bits per heavy atom. The number of nitrogens with one attached hydrogen (secondary N) is 1. The minimum Gasteiger partial charge on any atom is -0.352 e. The van der Waals surface area contributed by atoms with Gasteiger partial charge < -0.3 is 10.2 Å². The minimum atomic E-state index is -4.12. The topological polar surface area (TPSA) is 86.8 Å². The molecule has 4 aromatic carbocycles. The monoisotopic (exact) mass is 661 g/mol. The third kappa shape index (κ3) is 8.55. The van der Waals surface area contributed by atoms with E-state index in [9.17, 15) is 18.0 Å². The lowest BCUT2D eigenvalue weighted by atomic mass is 10.0. The van der Waals surface area contributed by atoms with Crippen LogP contribution >= 0.6 is 15.9 Å². The Morgan fingerprint density at radius 3 is 1.95 bits per heavy atom. The van der Waals surface area contributed by atoms with Crippen molar-refractivity contribution in [1.29, 1.82) is 0 Å². The molecule has 0 radical (unpaired) electrons. The molecule has 0 fully saturated rings. The van der Waals surface area contributed by atoms with E-state index < -0.39 is 28.5 Å². The second-order valence-corrected chi connectivity index (χ2v) is 13.5. The summed E-state index contributed by atoms with van der Waals surface area (Å²) in [6, 6.07) is 31.0. The van der Waals surface area contributed by atoms with Gasteiger partial charge in [0.25, 0.3) is 10.0 Å². The Morgan fingerprint density at radius 1 is 0.791 bits per heavy atom. The molecule has 0 heterocycles. The van der Waals surface area contributed by atoms with Crippen LogP contribution in [0.3, 0.4) is 0 Å². The lowest BCUT2D eigenvalue weighted by Gasteiger charge is -2.34. The largest absolute Gasteiger partial charge is 0.352 e. The Labute approximate surface area is 262 Å². The highest BCUT2D eigenvalue weighted by molar-refractivity contribution is 9.10. The van der Waals surface area contributed by atoms with Gasteiger partial charge in [-0.2, -0.15) is 0 Å². The summed E-state index contributed by atoms with van der Waals surface area (Å²) in [5, 5.41) is 2.97. The van der Waals surface area contributed by atoms with E-state index in [2.05, 4.69) is 21.2 Å². The van der Waals surface area contributed by atoms with Gasteiger partial charge in [-0.05, 0) is 68.3 Å². The van der Waals surface area contributed by atoms with Gasteiger partial charge in [0.15, 0.2) is 0 Å². The maximum atomic E-state index is 14.4. The van der Waals surface area contributed by atoms with Crippen molar-refractivity contribution in [3.8, 4) is 0 Å². The molecule has 0 aliphatic rings. The molecule has 1 atom stereocenters. The van der Waals surface area contributed by atoms with E-state index >= 15 is 0 Å². The molecule has 9 heteroatoms. The fourth-order valence-corrected chi connectivity index (χ4v) is 6.36. The van der Waals surface area contributed by atoms with Gasteiger partial charge in [-0.15, -0.1) is 0 Å². The van der Waals surface area contributed by atoms with Crippen molar-refractivity contribution >= 4 is 43.5 Å². The first-order chi connectivity index (χ1) is 20.5. The zero-order chi connectivity index (χ0) is 31.0. The summed E-state index contributed by atoms with van der Waals surface area (Å²) in [7, 11) is -4.12. The summed E-state index contributed by atoms with van der Waals surface area (Å²) in [6.45, 7) is 5.23. The second-order valence-electron chi connectivity index (χ2n) is 10.7. The minimum absolute atomic E-state index is 0.0765. The Bertz CT molecular complexity index is 1610. The Kier molecular flexibility index (Phi) is 10.8. The average Bonchev–Trinajstić information content (AvgIpc) is 2.99. The molecule has 0 unspecified atom stereocenters. The second kappa shape index (κ2) is 14.5. The number of halogens is 1. The molecule has 0 spiro atoms. The number of benzene rings is 4. The normalized spacial score (nSPS) is 12.0. The molecule has 4 aromatic rings. The standard InChI is InChI=1S/C34H36BrN3O4S/c1-25(2)36-34(40)32(22-27-10-6-4-7-11-27)37(23-28-16-18-29(35)19-17-28)33(39)24-38(30-12-8-5-9-13-30)43(41,42)31-20-14-26(3)15-21-31/h4-21,25,32H,22-24H2,1-3H3,(H,36,40)/t32-/m0/s1. The van der Waals surface area contributed by atoms with E-state index in [1.807, 2.05) is 75.4 Å². The van der Waals surface area contributed by atoms with Gasteiger partial charge in [-0.1, -0.05) is 94.3 Å². The number of aryl methyl sites for hydroxylation is 1. The van der Waals surface area contributed by atoms with Crippen molar-refractivity contribution in [2.75, 3.05) is 10.8 Å². The van der Waals surface area contributed by atoms with E-state index in [0.717, 1.165) is 25.5 Å². The number of sulfonamides is 1. The first-order valence-electron chi connectivity index (χ1n) is 14.1. The van der Waals surface area contributed by atoms with Crippen LogP contribution in [0.4, 0.5) is 5.69 Å². The molecule has 0 aromatic heterocycles. The number of rotatable bonds is 12. The zero-order valence-electron chi connectivity index (χ0n) is 24.5. The van der Waals surface area contributed by atoms with Gasteiger partial charge in [0.1, 0.15) is 12.6 Å². The summed E-state index contributed by atoms with van der Waals surface area (Å²) in [6.07, 6.45) is 0.262. The zero-order valence-corrected chi connectivity index (χ0v) is 26.9. The summed E-state index contributed by atoms with van der Waals surface area (Å²) < 4.78 is 30.0. The fourth-order valence-electron chi connectivity index (χ4n) is 4.68. The summed E-state index contributed by atoms with van der Waals surface area (Å²) >= 11 is 3.45. The average molecular weight is 663 g/mol. The summed E-state index contributed by atoms with van der Waals surface area (Å²) in [4.78, 5) is 29.7. The van der Waals surface area contributed by atoms with Crippen LogP contribution in [0.25, 0.3) is 0 Å². The lowest BCUT2D eigenvalue weighted by molar-refractivity contribution is -0.140. The third-order valence-electron chi connectivity index (χ3n) is 6.90. The van der Waals surface area contributed by atoms with Crippen LogP contribution in [0, 0.1) is 6.92 Å². The van der Waals surface area contributed by atoms with Gasteiger partial charge in [-0.3, -0.25) is 13.9 Å². The highest BCUT2D eigenvalue weighted by Gasteiger charge is 2.34. The third-order valence-corrected chi connectivity index (χ3v) is 9.22. The van der Waals surface area contributed by atoms with E-state index in [0.29, 0.717) is 5.69 Å². The molecule has 7 nitrogen and oxygen atoms in total. The number of nitrogens with zero attached hydrogens (tertiary/aromatic N) is 2. The molecule has 0 bridgehead atoms. The molecule has 0 saturated carbocycles. The van der Waals surface area contributed by atoms with Crippen LogP contribution in [0.5, 0.6) is 0 Å². The molecular formula is C34H36BrN3O4S. The number of para-hydroxylation sites is 1. The van der Waals surface area contributed by atoms with Gasteiger partial charge in [-0.25, -0.2) is 8.42 Å². The van der Waals surface area contributed by atoms with Gasteiger partial charge >= 0.3 is 0 Å². The van der Waals surface area contributed by atoms with Crippen molar-refractivity contribution in [3.63, 3.8) is 0 Å².